The molecule has 0 spiro atoms. The van der Waals surface area contributed by atoms with Crippen LogP contribution in [0.4, 0.5) is 4.39 Å². The van der Waals surface area contributed by atoms with Crippen molar-refractivity contribution in [3.05, 3.63) is 71.8 Å². The Labute approximate surface area is 210 Å². The van der Waals surface area contributed by atoms with Gasteiger partial charge >= 0.3 is 0 Å². The van der Waals surface area contributed by atoms with E-state index < -0.39 is 5.82 Å². The van der Waals surface area contributed by atoms with Crippen LogP contribution in [0.1, 0.15) is 30.3 Å². The number of rotatable bonds is 5. The summed E-state index contributed by atoms with van der Waals surface area (Å²) < 4.78 is 20.9. The Balaban J connectivity index is 0.00000320. The predicted octanol–water partition coefficient (Wildman–Crippen LogP) is 4.72. The van der Waals surface area contributed by atoms with Gasteiger partial charge < -0.3 is 14.2 Å². The number of halogens is 1. The van der Waals surface area contributed by atoms with Gasteiger partial charge in [-0.1, -0.05) is 24.3 Å². The minimum atomic E-state index is -0.583. The minimum absolute atomic E-state index is 0. The third-order valence-corrected chi connectivity index (χ3v) is 6.58. The molecule has 1 amide bonds. The molecule has 0 unspecified atom stereocenters. The number of carbonyl (C=O) groups is 1. The van der Waals surface area contributed by atoms with Crippen molar-refractivity contribution in [3.8, 4) is 34.3 Å². The Morgan fingerprint density at radius 2 is 1.78 bits per heavy atom. The molecule has 2 aromatic heterocycles. The van der Waals surface area contributed by atoms with E-state index in [4.69, 9.17) is 4.42 Å². The monoisotopic (exact) mass is 488 g/mol. The number of nitrogens with zero attached hydrogens (tertiary/aromatic N) is 6. The second kappa shape index (κ2) is 9.94. The van der Waals surface area contributed by atoms with Gasteiger partial charge in [-0.15, -0.1) is 10.2 Å². The average molecular weight is 489 g/mol. The van der Waals surface area contributed by atoms with Gasteiger partial charge in [0.05, 0.1) is 23.1 Å². The van der Waals surface area contributed by atoms with Gasteiger partial charge in [0.15, 0.2) is 0 Å². The number of benzene rings is 2. The molecule has 3 heterocycles. The summed E-state index contributed by atoms with van der Waals surface area (Å²) in [6.07, 6.45) is 3.32. The molecular formula is C27H29FN6O2. The molecule has 186 valence electrons. The number of aromatic nitrogens is 4. The molecule has 0 N–H and O–H groups in total. The van der Waals surface area contributed by atoms with Gasteiger partial charge in [-0.2, -0.15) is 0 Å². The quantitative estimate of drug-likeness (QED) is 0.402. The molecule has 0 atom stereocenters. The van der Waals surface area contributed by atoms with E-state index in [0.717, 1.165) is 18.4 Å². The SMILES string of the molecule is Cc1ncc(-c2ccc(C(=O)N3CCC(N(C)C)CC3)c(F)c2)nc1-c1nnc(-c2ccccc2)o1.[HH]. The molecule has 0 aliphatic carbocycles. The Bertz CT molecular complexity index is 1390. The van der Waals surface area contributed by atoms with Gasteiger partial charge in [-0.3, -0.25) is 9.78 Å². The zero-order valence-electron chi connectivity index (χ0n) is 20.5. The van der Waals surface area contributed by atoms with Crippen molar-refractivity contribution in [3.63, 3.8) is 0 Å². The van der Waals surface area contributed by atoms with Crippen molar-refractivity contribution in [2.75, 3.05) is 27.2 Å². The van der Waals surface area contributed by atoms with Crippen LogP contribution in [-0.2, 0) is 0 Å². The van der Waals surface area contributed by atoms with Crippen LogP contribution in [0.2, 0.25) is 0 Å². The van der Waals surface area contributed by atoms with Crippen LogP contribution in [0.3, 0.4) is 0 Å². The van der Waals surface area contributed by atoms with Gasteiger partial charge in [0.25, 0.3) is 11.8 Å². The van der Waals surface area contributed by atoms with Crippen LogP contribution in [0.5, 0.6) is 0 Å². The summed E-state index contributed by atoms with van der Waals surface area (Å²) in [4.78, 5) is 25.9. The molecule has 1 aliphatic rings. The molecule has 1 saturated heterocycles. The molecule has 36 heavy (non-hydrogen) atoms. The number of hydrogen-bond donors (Lipinski definition) is 0. The van der Waals surface area contributed by atoms with Gasteiger partial charge in [0.1, 0.15) is 11.5 Å². The van der Waals surface area contributed by atoms with Crippen molar-refractivity contribution >= 4 is 5.91 Å². The van der Waals surface area contributed by atoms with E-state index in [1.807, 2.05) is 44.4 Å². The highest BCUT2D eigenvalue weighted by Gasteiger charge is 2.26. The Morgan fingerprint density at radius 1 is 1.06 bits per heavy atom. The lowest BCUT2D eigenvalue weighted by Gasteiger charge is -2.35. The molecule has 4 aromatic rings. The van der Waals surface area contributed by atoms with Crippen molar-refractivity contribution in [1.82, 2.24) is 30.0 Å². The van der Waals surface area contributed by atoms with E-state index in [1.54, 1.807) is 24.1 Å². The summed E-state index contributed by atoms with van der Waals surface area (Å²) in [5, 5.41) is 8.26. The van der Waals surface area contributed by atoms with Crippen LogP contribution in [0.15, 0.2) is 59.1 Å². The van der Waals surface area contributed by atoms with Gasteiger partial charge in [-0.25, -0.2) is 9.37 Å². The molecule has 1 aliphatic heterocycles. The predicted molar refractivity (Wildman–Crippen MR) is 136 cm³/mol. The summed E-state index contributed by atoms with van der Waals surface area (Å²) in [6, 6.07) is 14.4. The summed E-state index contributed by atoms with van der Waals surface area (Å²) in [5.74, 6) is -0.263. The second-order valence-corrected chi connectivity index (χ2v) is 9.15. The molecule has 0 saturated carbocycles. The largest absolute Gasteiger partial charge is 0.415 e. The highest BCUT2D eigenvalue weighted by molar-refractivity contribution is 5.95. The molecule has 1 fully saturated rings. The van der Waals surface area contributed by atoms with Gasteiger partial charge in [0.2, 0.25) is 5.89 Å². The number of aryl methyl sites for hydroxylation is 1. The molecule has 5 rings (SSSR count). The number of hydrogen-bond acceptors (Lipinski definition) is 7. The number of likely N-dealkylation sites (tertiary alicyclic amines) is 1. The minimum Gasteiger partial charge on any atom is -0.415 e. The first kappa shape index (κ1) is 23.7. The van der Waals surface area contributed by atoms with E-state index in [0.29, 0.717) is 47.7 Å². The first-order valence-corrected chi connectivity index (χ1v) is 11.9. The zero-order valence-corrected chi connectivity index (χ0v) is 20.5. The maximum atomic E-state index is 15.1. The van der Waals surface area contributed by atoms with Crippen molar-refractivity contribution in [1.29, 1.82) is 0 Å². The average Bonchev–Trinajstić information content (AvgIpc) is 3.39. The maximum absolute atomic E-state index is 15.1. The normalized spacial score (nSPS) is 14.4. The lowest BCUT2D eigenvalue weighted by atomic mass is 10.0. The first-order valence-electron chi connectivity index (χ1n) is 11.9. The number of amides is 1. The van der Waals surface area contributed by atoms with Crippen molar-refractivity contribution < 1.29 is 15.0 Å². The number of piperidine rings is 1. The Hall–Kier alpha value is -3.98. The van der Waals surface area contributed by atoms with Gasteiger partial charge in [-0.05, 0) is 58.1 Å². The Kier molecular flexibility index (Phi) is 6.56. The zero-order chi connectivity index (χ0) is 25.2. The van der Waals surface area contributed by atoms with Crippen LogP contribution < -0.4 is 0 Å². The molecule has 8 nitrogen and oxygen atoms in total. The third kappa shape index (κ3) is 4.74. The van der Waals surface area contributed by atoms with Crippen molar-refractivity contribution in [2.45, 2.75) is 25.8 Å². The van der Waals surface area contributed by atoms with Crippen molar-refractivity contribution in [2.24, 2.45) is 0 Å². The lowest BCUT2D eigenvalue weighted by molar-refractivity contribution is 0.0658. The molecular weight excluding hydrogens is 459 g/mol. The van der Waals surface area contributed by atoms with E-state index >= 15 is 4.39 Å². The molecule has 2 aromatic carbocycles. The lowest BCUT2D eigenvalue weighted by Crippen LogP contribution is -2.44. The van der Waals surface area contributed by atoms with Crippen LogP contribution in [0, 0.1) is 12.7 Å². The summed E-state index contributed by atoms with van der Waals surface area (Å²) in [6.45, 7) is 3.02. The molecule has 0 radical (unpaired) electrons. The summed E-state index contributed by atoms with van der Waals surface area (Å²) in [7, 11) is 4.08. The number of carbonyl (C=O) groups excluding carboxylic acids is 1. The smallest absolute Gasteiger partial charge is 0.268 e. The Morgan fingerprint density at radius 3 is 2.47 bits per heavy atom. The highest BCUT2D eigenvalue weighted by atomic mass is 19.1. The fourth-order valence-electron chi connectivity index (χ4n) is 4.41. The maximum Gasteiger partial charge on any atom is 0.268 e. The fraction of sp³-hybridized carbons (Fsp3) is 0.296. The van der Waals surface area contributed by atoms with E-state index in [2.05, 4.69) is 25.1 Å². The van der Waals surface area contributed by atoms with Crippen LogP contribution >= 0.6 is 0 Å². The summed E-state index contributed by atoms with van der Waals surface area (Å²) >= 11 is 0. The summed E-state index contributed by atoms with van der Waals surface area (Å²) in [5.41, 5.74) is 2.84. The fourth-order valence-corrected chi connectivity index (χ4v) is 4.41. The third-order valence-electron chi connectivity index (χ3n) is 6.58. The second-order valence-electron chi connectivity index (χ2n) is 9.15. The first-order chi connectivity index (χ1) is 17.4. The standard InChI is InChI=1S/C27H27FN6O2.H2/c1-17-24(26-32-31-25(36-26)18-7-5-4-6-8-18)30-23(16-29-17)19-9-10-21(22(28)15-19)27(35)34-13-11-20(12-14-34)33(2)3;/h4-10,15-16,20H,11-14H2,1-3H3;1H. The van der Waals surface area contributed by atoms with Crippen LogP contribution in [0.25, 0.3) is 34.3 Å². The molecule has 0 bridgehead atoms. The van der Waals surface area contributed by atoms with E-state index in [-0.39, 0.29) is 18.8 Å². The van der Waals surface area contributed by atoms with Gasteiger partial charge in [0, 0.05) is 31.7 Å². The van der Waals surface area contributed by atoms with E-state index in [9.17, 15) is 4.79 Å². The van der Waals surface area contributed by atoms with E-state index in [1.165, 1.54) is 12.1 Å². The van der Waals surface area contributed by atoms with Crippen LogP contribution in [-0.4, -0.2) is 69.1 Å². The molecule has 9 heteroatoms. The highest BCUT2D eigenvalue weighted by Crippen LogP contribution is 2.28. The topological polar surface area (TPSA) is 88.3 Å².